The molecule has 0 aliphatic carbocycles. The third kappa shape index (κ3) is 1.62. The molecule has 0 fully saturated rings. The summed E-state index contributed by atoms with van der Waals surface area (Å²) < 4.78 is 1.72. The summed E-state index contributed by atoms with van der Waals surface area (Å²) in [5.74, 6) is 0.701. The van der Waals surface area contributed by atoms with Gasteiger partial charge in [0.1, 0.15) is 0 Å². The van der Waals surface area contributed by atoms with Crippen LogP contribution in [-0.4, -0.2) is 14.6 Å². The van der Waals surface area contributed by atoms with Crippen LogP contribution in [0.15, 0.2) is 36.5 Å². The monoisotopic (exact) mass is 238 g/mol. The molecule has 1 aromatic carbocycles. The van der Waals surface area contributed by atoms with Gasteiger partial charge in [-0.1, -0.05) is 29.8 Å². The minimum absolute atomic E-state index is 0.684. The second kappa shape index (κ2) is 3.84. The smallest absolute Gasteiger partial charge is 0.182 e. The van der Waals surface area contributed by atoms with Gasteiger partial charge in [-0.15, -0.1) is 5.10 Å². The average molecular weight is 238 g/mol. The first-order valence-corrected chi connectivity index (χ1v) is 5.83. The number of aryl methyl sites for hydroxylation is 2. The lowest BCUT2D eigenvalue weighted by molar-refractivity contribution is 0.964. The van der Waals surface area contributed by atoms with Gasteiger partial charge in [-0.2, -0.15) is 0 Å². The molecule has 0 aliphatic rings. The first-order valence-electron chi connectivity index (χ1n) is 5.83. The van der Waals surface area contributed by atoms with Crippen molar-refractivity contribution in [3.05, 3.63) is 47.7 Å². The number of nitrogen functional groups attached to an aromatic ring is 1. The Labute approximate surface area is 105 Å². The number of hydrogen-bond donors (Lipinski definition) is 1. The molecule has 0 bridgehead atoms. The van der Waals surface area contributed by atoms with E-state index in [1.165, 1.54) is 5.56 Å². The van der Waals surface area contributed by atoms with Gasteiger partial charge in [-0.25, -0.2) is 9.50 Å². The maximum absolute atomic E-state index is 6.01. The van der Waals surface area contributed by atoms with Crippen LogP contribution in [0.4, 0.5) is 5.69 Å². The molecule has 3 rings (SSSR count). The van der Waals surface area contributed by atoms with E-state index < -0.39 is 0 Å². The predicted molar refractivity (Wildman–Crippen MR) is 72.3 cm³/mol. The number of pyridine rings is 1. The second-order valence-corrected chi connectivity index (χ2v) is 4.48. The van der Waals surface area contributed by atoms with Crippen LogP contribution in [0, 0.1) is 13.8 Å². The summed E-state index contributed by atoms with van der Waals surface area (Å²) in [5.41, 5.74) is 10.6. The summed E-state index contributed by atoms with van der Waals surface area (Å²) in [4.78, 5) is 4.50. The fourth-order valence-corrected chi connectivity index (χ4v) is 1.88. The van der Waals surface area contributed by atoms with Crippen LogP contribution >= 0.6 is 0 Å². The zero-order valence-electron chi connectivity index (χ0n) is 10.4. The molecule has 0 saturated heterocycles. The van der Waals surface area contributed by atoms with Crippen LogP contribution in [0.2, 0.25) is 0 Å². The van der Waals surface area contributed by atoms with E-state index >= 15 is 0 Å². The number of nitrogens with zero attached hydrogens (tertiary/aromatic N) is 3. The highest BCUT2D eigenvalue weighted by Gasteiger charge is 2.09. The predicted octanol–water partition coefficient (Wildman–Crippen LogP) is 2.60. The van der Waals surface area contributed by atoms with Crippen LogP contribution in [0.3, 0.4) is 0 Å². The summed E-state index contributed by atoms with van der Waals surface area (Å²) in [5, 5.41) is 4.44. The highest BCUT2D eigenvalue weighted by atomic mass is 15.3. The SMILES string of the molecule is Cc1ccc(-c2nc3c(N)c(C)ccn3n2)cc1. The zero-order valence-corrected chi connectivity index (χ0v) is 10.4. The van der Waals surface area contributed by atoms with E-state index in [1.807, 2.05) is 31.3 Å². The molecule has 2 heterocycles. The number of anilines is 1. The van der Waals surface area contributed by atoms with Crippen molar-refractivity contribution in [2.45, 2.75) is 13.8 Å². The maximum Gasteiger partial charge on any atom is 0.182 e. The normalized spacial score (nSPS) is 11.0. The molecule has 0 spiro atoms. The molecule has 0 radical (unpaired) electrons. The lowest BCUT2D eigenvalue weighted by Gasteiger charge is -1.98. The van der Waals surface area contributed by atoms with Crippen molar-refractivity contribution in [3.8, 4) is 11.4 Å². The number of rotatable bonds is 1. The molecule has 4 nitrogen and oxygen atoms in total. The van der Waals surface area contributed by atoms with Crippen molar-refractivity contribution in [2.24, 2.45) is 0 Å². The molecular weight excluding hydrogens is 224 g/mol. The van der Waals surface area contributed by atoms with Gasteiger partial charge in [0.25, 0.3) is 0 Å². The second-order valence-electron chi connectivity index (χ2n) is 4.48. The van der Waals surface area contributed by atoms with Crippen LogP contribution in [0.5, 0.6) is 0 Å². The van der Waals surface area contributed by atoms with Crippen LogP contribution in [0.1, 0.15) is 11.1 Å². The Morgan fingerprint density at radius 2 is 1.78 bits per heavy atom. The van der Waals surface area contributed by atoms with E-state index in [1.54, 1.807) is 4.52 Å². The van der Waals surface area contributed by atoms with E-state index in [4.69, 9.17) is 5.73 Å². The Balaban J connectivity index is 2.19. The van der Waals surface area contributed by atoms with E-state index in [9.17, 15) is 0 Å². The topological polar surface area (TPSA) is 56.2 Å². The van der Waals surface area contributed by atoms with Crippen molar-refractivity contribution in [1.82, 2.24) is 14.6 Å². The van der Waals surface area contributed by atoms with Gasteiger partial charge in [0.05, 0.1) is 5.69 Å². The largest absolute Gasteiger partial charge is 0.395 e. The van der Waals surface area contributed by atoms with Crippen LogP contribution in [-0.2, 0) is 0 Å². The fourth-order valence-electron chi connectivity index (χ4n) is 1.88. The average Bonchev–Trinajstić information content (AvgIpc) is 2.80. The minimum atomic E-state index is 0.684. The van der Waals surface area contributed by atoms with Gasteiger partial charge < -0.3 is 5.73 Å². The number of hydrogen-bond acceptors (Lipinski definition) is 3. The van der Waals surface area contributed by atoms with Gasteiger partial charge in [0.15, 0.2) is 11.5 Å². The molecule has 4 heteroatoms. The van der Waals surface area contributed by atoms with Crippen LogP contribution < -0.4 is 5.73 Å². The van der Waals surface area contributed by atoms with Gasteiger partial charge in [0.2, 0.25) is 0 Å². The van der Waals surface area contributed by atoms with E-state index in [0.29, 0.717) is 17.2 Å². The first kappa shape index (κ1) is 10.8. The maximum atomic E-state index is 6.01. The van der Waals surface area contributed by atoms with E-state index in [-0.39, 0.29) is 0 Å². The number of benzene rings is 1. The van der Waals surface area contributed by atoms with E-state index in [0.717, 1.165) is 11.1 Å². The summed E-state index contributed by atoms with van der Waals surface area (Å²) >= 11 is 0. The molecular formula is C14H14N4. The highest BCUT2D eigenvalue weighted by molar-refractivity contribution is 5.71. The van der Waals surface area contributed by atoms with Crippen molar-refractivity contribution in [1.29, 1.82) is 0 Å². The molecule has 18 heavy (non-hydrogen) atoms. The molecule has 90 valence electrons. The van der Waals surface area contributed by atoms with Crippen molar-refractivity contribution < 1.29 is 0 Å². The standard InChI is InChI=1S/C14H14N4/c1-9-3-5-11(6-4-9)13-16-14-12(15)10(2)7-8-18(14)17-13/h3-8H,15H2,1-2H3. The Kier molecular flexibility index (Phi) is 2.30. The van der Waals surface area contributed by atoms with E-state index in [2.05, 4.69) is 29.1 Å². The molecule has 0 unspecified atom stereocenters. The Bertz CT molecular complexity index is 710. The summed E-state index contributed by atoms with van der Waals surface area (Å²) in [7, 11) is 0. The summed E-state index contributed by atoms with van der Waals surface area (Å²) in [6, 6.07) is 10.1. The van der Waals surface area contributed by atoms with Gasteiger partial charge >= 0.3 is 0 Å². The first-order chi connectivity index (χ1) is 8.65. The third-order valence-electron chi connectivity index (χ3n) is 3.07. The third-order valence-corrected chi connectivity index (χ3v) is 3.07. The van der Waals surface area contributed by atoms with Crippen molar-refractivity contribution in [3.63, 3.8) is 0 Å². The molecule has 0 saturated carbocycles. The molecule has 2 aromatic heterocycles. The molecule has 0 aliphatic heterocycles. The lowest BCUT2D eigenvalue weighted by Crippen LogP contribution is -1.96. The number of aromatic nitrogens is 3. The molecule has 0 amide bonds. The fraction of sp³-hybridized carbons (Fsp3) is 0.143. The zero-order chi connectivity index (χ0) is 12.7. The van der Waals surface area contributed by atoms with Gasteiger partial charge in [0, 0.05) is 11.8 Å². The molecule has 0 atom stereocenters. The Morgan fingerprint density at radius 3 is 2.50 bits per heavy atom. The summed E-state index contributed by atoms with van der Waals surface area (Å²) in [6.45, 7) is 4.03. The van der Waals surface area contributed by atoms with Gasteiger partial charge in [-0.3, -0.25) is 0 Å². The quantitative estimate of drug-likeness (QED) is 0.709. The minimum Gasteiger partial charge on any atom is -0.395 e. The number of nitrogens with two attached hydrogens (primary N) is 1. The Morgan fingerprint density at radius 1 is 1.06 bits per heavy atom. The van der Waals surface area contributed by atoms with Gasteiger partial charge in [-0.05, 0) is 25.5 Å². The number of fused-ring (bicyclic) bond motifs is 1. The van der Waals surface area contributed by atoms with Crippen molar-refractivity contribution in [2.75, 3.05) is 5.73 Å². The Hall–Kier alpha value is -2.36. The summed E-state index contributed by atoms with van der Waals surface area (Å²) in [6.07, 6.45) is 1.88. The molecule has 2 N–H and O–H groups in total. The van der Waals surface area contributed by atoms with Crippen molar-refractivity contribution >= 4 is 11.3 Å². The highest BCUT2D eigenvalue weighted by Crippen LogP contribution is 2.21. The molecule has 3 aromatic rings. The lowest BCUT2D eigenvalue weighted by atomic mass is 10.1. The van der Waals surface area contributed by atoms with Crippen LogP contribution in [0.25, 0.3) is 17.0 Å².